The van der Waals surface area contributed by atoms with Crippen molar-refractivity contribution in [3.05, 3.63) is 59.9 Å². The van der Waals surface area contributed by atoms with Crippen molar-refractivity contribution < 1.29 is 9.53 Å². The average Bonchev–Trinajstić information content (AvgIpc) is 3.40. The van der Waals surface area contributed by atoms with Crippen molar-refractivity contribution in [1.29, 1.82) is 0 Å². The predicted octanol–water partition coefficient (Wildman–Crippen LogP) is 3.36. The molecular formula is C22H27N3O2. The standard InChI is InChI=1S/C22H27N3O2/c26-22(25-15-3-4-20(25)16-24-13-1-2-14-24)19-5-7-21(8-6-19)27-17-18-9-11-23-12-10-18/h5-12,20H,1-4,13-17H2/t20-/m0/s1. The molecule has 1 atom stereocenters. The number of pyridine rings is 1. The molecule has 0 aliphatic carbocycles. The number of likely N-dealkylation sites (tertiary alicyclic amines) is 2. The molecule has 27 heavy (non-hydrogen) atoms. The summed E-state index contributed by atoms with van der Waals surface area (Å²) in [6.45, 7) is 4.76. The first-order valence-electron chi connectivity index (χ1n) is 9.95. The fourth-order valence-electron chi connectivity index (χ4n) is 4.06. The molecule has 1 amide bonds. The van der Waals surface area contributed by atoms with Gasteiger partial charge in [-0.15, -0.1) is 0 Å². The Morgan fingerprint density at radius 1 is 1.00 bits per heavy atom. The van der Waals surface area contributed by atoms with Gasteiger partial charge in [0.15, 0.2) is 0 Å². The smallest absolute Gasteiger partial charge is 0.254 e. The summed E-state index contributed by atoms with van der Waals surface area (Å²) >= 11 is 0. The zero-order valence-corrected chi connectivity index (χ0v) is 15.7. The molecule has 2 fully saturated rings. The molecule has 0 spiro atoms. The second kappa shape index (κ2) is 8.53. The molecule has 2 aliphatic heterocycles. The van der Waals surface area contributed by atoms with E-state index in [1.165, 1.54) is 25.9 Å². The zero-order valence-electron chi connectivity index (χ0n) is 15.7. The van der Waals surface area contributed by atoms with Gasteiger partial charge in [0, 0.05) is 37.1 Å². The van der Waals surface area contributed by atoms with Crippen LogP contribution in [0.2, 0.25) is 0 Å². The van der Waals surface area contributed by atoms with Crippen LogP contribution in [0.4, 0.5) is 0 Å². The Bertz CT molecular complexity index is 742. The summed E-state index contributed by atoms with van der Waals surface area (Å²) in [5, 5.41) is 0. The fraction of sp³-hybridized carbons (Fsp3) is 0.455. The molecule has 1 aromatic heterocycles. The predicted molar refractivity (Wildman–Crippen MR) is 105 cm³/mol. The summed E-state index contributed by atoms with van der Waals surface area (Å²) < 4.78 is 5.80. The topological polar surface area (TPSA) is 45.7 Å². The second-order valence-corrected chi connectivity index (χ2v) is 7.47. The number of nitrogens with zero attached hydrogens (tertiary/aromatic N) is 3. The van der Waals surface area contributed by atoms with Crippen LogP contribution in [0.3, 0.4) is 0 Å². The maximum absolute atomic E-state index is 13.0. The number of ether oxygens (including phenoxy) is 1. The lowest BCUT2D eigenvalue weighted by Gasteiger charge is -2.28. The van der Waals surface area contributed by atoms with E-state index in [0.29, 0.717) is 12.6 Å². The number of benzene rings is 1. The van der Waals surface area contributed by atoms with E-state index in [4.69, 9.17) is 4.74 Å². The zero-order chi connectivity index (χ0) is 18.5. The first kappa shape index (κ1) is 18.0. The van der Waals surface area contributed by atoms with Crippen molar-refractivity contribution in [2.75, 3.05) is 26.2 Å². The van der Waals surface area contributed by atoms with Gasteiger partial charge in [-0.1, -0.05) is 0 Å². The second-order valence-electron chi connectivity index (χ2n) is 7.47. The van der Waals surface area contributed by atoms with Crippen molar-refractivity contribution in [2.24, 2.45) is 0 Å². The van der Waals surface area contributed by atoms with Crippen LogP contribution in [-0.4, -0.2) is 52.9 Å². The van der Waals surface area contributed by atoms with E-state index in [2.05, 4.69) is 14.8 Å². The maximum Gasteiger partial charge on any atom is 0.254 e. The van der Waals surface area contributed by atoms with Crippen molar-refractivity contribution >= 4 is 5.91 Å². The van der Waals surface area contributed by atoms with Crippen molar-refractivity contribution in [3.8, 4) is 5.75 Å². The van der Waals surface area contributed by atoms with E-state index < -0.39 is 0 Å². The lowest BCUT2D eigenvalue weighted by molar-refractivity contribution is 0.0708. The van der Waals surface area contributed by atoms with E-state index in [1.807, 2.05) is 36.4 Å². The Hall–Kier alpha value is -2.40. The van der Waals surface area contributed by atoms with Gasteiger partial charge in [0.25, 0.3) is 5.91 Å². The lowest BCUT2D eigenvalue weighted by atomic mass is 10.1. The molecular weight excluding hydrogens is 338 g/mol. The number of rotatable bonds is 6. The third-order valence-corrected chi connectivity index (χ3v) is 5.56. The van der Waals surface area contributed by atoms with E-state index >= 15 is 0 Å². The number of aromatic nitrogens is 1. The van der Waals surface area contributed by atoms with E-state index in [0.717, 1.165) is 42.8 Å². The number of amides is 1. The molecule has 0 unspecified atom stereocenters. The molecule has 2 aliphatic rings. The highest BCUT2D eigenvalue weighted by Crippen LogP contribution is 2.23. The van der Waals surface area contributed by atoms with E-state index in [1.54, 1.807) is 12.4 Å². The highest BCUT2D eigenvalue weighted by molar-refractivity contribution is 5.94. The molecule has 4 rings (SSSR count). The SMILES string of the molecule is O=C(c1ccc(OCc2ccncc2)cc1)N1CCC[C@H]1CN1CCCC1. The summed E-state index contributed by atoms with van der Waals surface area (Å²) in [7, 11) is 0. The Morgan fingerprint density at radius 2 is 1.74 bits per heavy atom. The molecule has 5 heteroatoms. The lowest BCUT2D eigenvalue weighted by Crippen LogP contribution is -2.42. The quantitative estimate of drug-likeness (QED) is 0.787. The summed E-state index contributed by atoms with van der Waals surface area (Å²) in [5.74, 6) is 0.927. The monoisotopic (exact) mass is 365 g/mol. The number of hydrogen-bond donors (Lipinski definition) is 0. The van der Waals surface area contributed by atoms with Crippen LogP contribution < -0.4 is 4.74 Å². The highest BCUT2D eigenvalue weighted by Gasteiger charge is 2.31. The van der Waals surface area contributed by atoms with Crippen LogP contribution in [-0.2, 0) is 6.61 Å². The minimum atomic E-state index is 0.150. The number of hydrogen-bond acceptors (Lipinski definition) is 4. The number of carbonyl (C=O) groups excluding carboxylic acids is 1. The van der Waals surface area contributed by atoms with Gasteiger partial charge in [0.2, 0.25) is 0 Å². The molecule has 1 aromatic carbocycles. The molecule has 2 aromatic rings. The van der Waals surface area contributed by atoms with Gasteiger partial charge in [-0.3, -0.25) is 9.78 Å². The maximum atomic E-state index is 13.0. The number of carbonyl (C=O) groups is 1. The fourth-order valence-corrected chi connectivity index (χ4v) is 4.06. The van der Waals surface area contributed by atoms with Crippen LogP contribution >= 0.6 is 0 Å². The first-order valence-corrected chi connectivity index (χ1v) is 9.95. The van der Waals surface area contributed by atoms with Crippen LogP contribution in [0.25, 0.3) is 0 Å². The molecule has 0 saturated carbocycles. The van der Waals surface area contributed by atoms with Gasteiger partial charge in [-0.05, 0) is 80.7 Å². The normalized spacial score (nSPS) is 20.1. The average molecular weight is 365 g/mol. The van der Waals surface area contributed by atoms with Crippen LogP contribution in [0.15, 0.2) is 48.8 Å². The molecule has 0 radical (unpaired) electrons. The minimum Gasteiger partial charge on any atom is -0.489 e. The van der Waals surface area contributed by atoms with Gasteiger partial charge in [-0.2, -0.15) is 0 Å². The molecule has 0 N–H and O–H groups in total. The third-order valence-electron chi connectivity index (χ3n) is 5.56. The van der Waals surface area contributed by atoms with Gasteiger partial charge >= 0.3 is 0 Å². The summed E-state index contributed by atoms with van der Waals surface area (Å²) in [4.78, 5) is 21.6. The molecule has 0 bridgehead atoms. The third kappa shape index (κ3) is 4.48. The molecule has 5 nitrogen and oxygen atoms in total. The molecule has 2 saturated heterocycles. The first-order chi connectivity index (χ1) is 13.3. The van der Waals surface area contributed by atoms with Crippen LogP contribution in [0.1, 0.15) is 41.6 Å². The van der Waals surface area contributed by atoms with Crippen molar-refractivity contribution in [2.45, 2.75) is 38.3 Å². The molecule has 142 valence electrons. The van der Waals surface area contributed by atoms with Crippen LogP contribution in [0, 0.1) is 0 Å². The van der Waals surface area contributed by atoms with Gasteiger partial charge in [0.05, 0.1) is 0 Å². The van der Waals surface area contributed by atoms with Gasteiger partial charge in [0.1, 0.15) is 12.4 Å². The Labute approximate surface area is 161 Å². The highest BCUT2D eigenvalue weighted by atomic mass is 16.5. The van der Waals surface area contributed by atoms with Crippen LogP contribution in [0.5, 0.6) is 5.75 Å². The Balaban J connectivity index is 1.35. The summed E-state index contributed by atoms with van der Waals surface area (Å²) in [6, 6.07) is 11.8. The van der Waals surface area contributed by atoms with Crippen molar-refractivity contribution in [3.63, 3.8) is 0 Å². The van der Waals surface area contributed by atoms with E-state index in [-0.39, 0.29) is 5.91 Å². The molecule has 3 heterocycles. The van der Waals surface area contributed by atoms with E-state index in [9.17, 15) is 4.79 Å². The largest absolute Gasteiger partial charge is 0.489 e. The summed E-state index contributed by atoms with van der Waals surface area (Å²) in [5.41, 5.74) is 1.83. The summed E-state index contributed by atoms with van der Waals surface area (Å²) in [6.07, 6.45) is 8.33. The Kier molecular flexibility index (Phi) is 5.68. The Morgan fingerprint density at radius 3 is 2.48 bits per heavy atom. The van der Waals surface area contributed by atoms with Gasteiger partial charge < -0.3 is 14.5 Å². The van der Waals surface area contributed by atoms with Gasteiger partial charge in [-0.25, -0.2) is 0 Å². The minimum absolute atomic E-state index is 0.150. The van der Waals surface area contributed by atoms with Crippen molar-refractivity contribution in [1.82, 2.24) is 14.8 Å².